The molecule has 9 heteroatoms. The van der Waals surface area contributed by atoms with Crippen molar-refractivity contribution in [2.24, 2.45) is 4.99 Å². The Morgan fingerprint density at radius 3 is 2.33 bits per heavy atom. The number of halogens is 1. The summed E-state index contributed by atoms with van der Waals surface area (Å²) in [6, 6.07) is -0.0311. The van der Waals surface area contributed by atoms with Gasteiger partial charge in [-0.15, -0.1) is 35.3 Å². The van der Waals surface area contributed by atoms with E-state index in [0.29, 0.717) is 6.54 Å². The standard InChI is InChI=1S/C21H36N6OS.HI/c1-16(19(28)26-8-6-7-9-26)25-10-12-27(13-11-25)20(22-5)23-14-18-24-17(15-29-18)21(2,3)4;/h15-16H,6-14H2,1-5H3,(H,22,23);1H. The Balaban J connectivity index is 0.00000320. The molecule has 30 heavy (non-hydrogen) atoms. The van der Waals surface area contributed by atoms with Gasteiger partial charge in [-0.2, -0.15) is 0 Å². The number of carbonyl (C=O) groups is 1. The van der Waals surface area contributed by atoms with Gasteiger partial charge in [-0.05, 0) is 19.8 Å². The Kier molecular flexibility index (Phi) is 9.35. The van der Waals surface area contributed by atoms with Crippen LogP contribution in [0, 0.1) is 0 Å². The third kappa shape index (κ3) is 6.29. The van der Waals surface area contributed by atoms with Crippen LogP contribution in [-0.4, -0.2) is 83.9 Å². The maximum absolute atomic E-state index is 12.7. The monoisotopic (exact) mass is 548 g/mol. The van der Waals surface area contributed by atoms with Crippen LogP contribution in [0.2, 0.25) is 0 Å². The fourth-order valence-electron chi connectivity index (χ4n) is 3.90. The van der Waals surface area contributed by atoms with Gasteiger partial charge in [0.2, 0.25) is 5.91 Å². The molecule has 0 spiro atoms. The van der Waals surface area contributed by atoms with Crippen LogP contribution in [0.15, 0.2) is 10.4 Å². The normalized spacial score (nSPS) is 19.6. The van der Waals surface area contributed by atoms with Crippen molar-refractivity contribution in [1.82, 2.24) is 25.0 Å². The van der Waals surface area contributed by atoms with E-state index in [9.17, 15) is 4.79 Å². The van der Waals surface area contributed by atoms with Crippen molar-refractivity contribution in [2.45, 2.75) is 58.5 Å². The van der Waals surface area contributed by atoms with Crippen molar-refractivity contribution in [1.29, 1.82) is 0 Å². The number of hydrogen-bond acceptors (Lipinski definition) is 5. The van der Waals surface area contributed by atoms with E-state index in [4.69, 9.17) is 4.98 Å². The van der Waals surface area contributed by atoms with Gasteiger partial charge < -0.3 is 15.1 Å². The van der Waals surface area contributed by atoms with Gasteiger partial charge >= 0.3 is 0 Å². The maximum Gasteiger partial charge on any atom is 0.239 e. The summed E-state index contributed by atoms with van der Waals surface area (Å²) in [4.78, 5) is 28.5. The average Bonchev–Trinajstić information content (AvgIpc) is 3.39. The molecule has 2 saturated heterocycles. The number of rotatable bonds is 4. The number of aliphatic imine (C=N–C) groups is 1. The SMILES string of the molecule is CN=C(NCc1nc(C(C)(C)C)cs1)N1CCN(C(C)C(=O)N2CCCC2)CC1.I. The summed E-state index contributed by atoms with van der Waals surface area (Å²) in [5.74, 6) is 1.20. The summed E-state index contributed by atoms with van der Waals surface area (Å²) in [6.45, 7) is 14.7. The molecule has 0 bridgehead atoms. The van der Waals surface area contributed by atoms with E-state index in [0.717, 1.165) is 68.8 Å². The molecule has 1 N–H and O–H groups in total. The second-order valence-electron chi connectivity index (χ2n) is 9.01. The number of thiazole rings is 1. The zero-order chi connectivity index (χ0) is 21.0. The highest BCUT2D eigenvalue weighted by Crippen LogP contribution is 2.23. The highest BCUT2D eigenvalue weighted by atomic mass is 127. The predicted molar refractivity (Wildman–Crippen MR) is 135 cm³/mol. The lowest BCUT2D eigenvalue weighted by Crippen LogP contribution is -2.57. The van der Waals surface area contributed by atoms with Crippen LogP contribution in [0.25, 0.3) is 0 Å². The lowest BCUT2D eigenvalue weighted by Gasteiger charge is -2.39. The minimum absolute atomic E-state index is 0. The minimum Gasteiger partial charge on any atom is -0.350 e. The number of nitrogens with zero attached hydrogens (tertiary/aromatic N) is 5. The summed E-state index contributed by atoms with van der Waals surface area (Å²) < 4.78 is 0. The molecule has 1 unspecified atom stereocenters. The van der Waals surface area contributed by atoms with Crippen molar-refractivity contribution < 1.29 is 4.79 Å². The molecule has 0 radical (unpaired) electrons. The zero-order valence-electron chi connectivity index (χ0n) is 19.0. The summed E-state index contributed by atoms with van der Waals surface area (Å²) in [5.41, 5.74) is 1.22. The van der Waals surface area contributed by atoms with Gasteiger partial charge in [0.1, 0.15) is 5.01 Å². The molecule has 0 aliphatic carbocycles. The van der Waals surface area contributed by atoms with E-state index in [2.05, 4.69) is 53.2 Å². The highest BCUT2D eigenvalue weighted by Gasteiger charge is 2.30. The molecular formula is C21H37IN6OS. The summed E-state index contributed by atoms with van der Waals surface area (Å²) >= 11 is 1.70. The van der Waals surface area contributed by atoms with Crippen molar-refractivity contribution in [3.8, 4) is 0 Å². The molecule has 1 aromatic heterocycles. The van der Waals surface area contributed by atoms with Crippen molar-refractivity contribution >= 4 is 47.2 Å². The van der Waals surface area contributed by atoms with Gasteiger partial charge in [-0.3, -0.25) is 14.7 Å². The van der Waals surface area contributed by atoms with Crippen LogP contribution in [0.4, 0.5) is 0 Å². The molecule has 7 nitrogen and oxygen atoms in total. The minimum atomic E-state index is -0.0311. The number of amides is 1. The molecule has 2 aliphatic heterocycles. The van der Waals surface area contributed by atoms with Crippen molar-refractivity contribution in [2.75, 3.05) is 46.3 Å². The van der Waals surface area contributed by atoms with Crippen molar-refractivity contribution in [3.05, 3.63) is 16.1 Å². The summed E-state index contributed by atoms with van der Waals surface area (Å²) in [6.07, 6.45) is 2.29. The Morgan fingerprint density at radius 1 is 1.17 bits per heavy atom. The van der Waals surface area contributed by atoms with Gasteiger partial charge in [-0.1, -0.05) is 20.8 Å². The third-order valence-corrected chi connectivity index (χ3v) is 6.72. The first-order valence-corrected chi connectivity index (χ1v) is 11.6. The quantitative estimate of drug-likeness (QED) is 0.356. The molecule has 2 fully saturated rings. The number of guanidine groups is 1. The molecule has 1 atom stereocenters. The molecule has 1 amide bonds. The molecule has 3 heterocycles. The van der Waals surface area contributed by atoms with Gasteiger partial charge in [0.05, 0.1) is 18.3 Å². The van der Waals surface area contributed by atoms with E-state index in [-0.39, 0.29) is 41.3 Å². The molecular weight excluding hydrogens is 511 g/mol. The largest absolute Gasteiger partial charge is 0.350 e. The van der Waals surface area contributed by atoms with E-state index in [1.807, 2.05) is 11.9 Å². The van der Waals surface area contributed by atoms with E-state index < -0.39 is 0 Å². The lowest BCUT2D eigenvalue weighted by atomic mass is 9.93. The first kappa shape index (κ1) is 25.3. The second-order valence-corrected chi connectivity index (χ2v) is 9.95. The number of likely N-dealkylation sites (tertiary alicyclic amines) is 1. The van der Waals surface area contributed by atoms with Crippen LogP contribution < -0.4 is 5.32 Å². The van der Waals surface area contributed by atoms with Crippen LogP contribution in [-0.2, 0) is 16.8 Å². The van der Waals surface area contributed by atoms with Crippen LogP contribution in [0.3, 0.4) is 0 Å². The Morgan fingerprint density at radius 2 is 1.80 bits per heavy atom. The zero-order valence-corrected chi connectivity index (χ0v) is 22.1. The molecule has 1 aromatic rings. The third-order valence-electron chi connectivity index (χ3n) is 5.87. The molecule has 0 saturated carbocycles. The smallest absolute Gasteiger partial charge is 0.239 e. The fraction of sp³-hybridized carbons (Fsp3) is 0.762. The second kappa shape index (κ2) is 11.1. The molecule has 170 valence electrons. The van der Waals surface area contributed by atoms with E-state index >= 15 is 0 Å². The number of hydrogen-bond donors (Lipinski definition) is 1. The Bertz CT molecular complexity index is 717. The summed E-state index contributed by atoms with van der Waals surface area (Å²) in [5, 5.41) is 6.69. The van der Waals surface area contributed by atoms with Crippen LogP contribution in [0.5, 0.6) is 0 Å². The molecule has 2 aliphatic rings. The molecule has 3 rings (SSSR count). The fourth-order valence-corrected chi connectivity index (χ4v) is 4.86. The van der Waals surface area contributed by atoms with Gasteiger partial charge in [0.25, 0.3) is 0 Å². The number of nitrogens with one attached hydrogen (secondary N) is 1. The highest BCUT2D eigenvalue weighted by molar-refractivity contribution is 14.0. The van der Waals surface area contributed by atoms with Gasteiger partial charge in [0, 0.05) is 57.1 Å². The van der Waals surface area contributed by atoms with Crippen molar-refractivity contribution in [3.63, 3.8) is 0 Å². The van der Waals surface area contributed by atoms with Gasteiger partial charge in [-0.25, -0.2) is 4.98 Å². The van der Waals surface area contributed by atoms with Gasteiger partial charge in [0.15, 0.2) is 5.96 Å². The number of carbonyl (C=O) groups excluding carboxylic acids is 1. The first-order chi connectivity index (χ1) is 13.8. The first-order valence-electron chi connectivity index (χ1n) is 10.7. The predicted octanol–water partition coefficient (Wildman–Crippen LogP) is 2.76. The Hall–Kier alpha value is -0.940. The number of piperazine rings is 1. The van der Waals surface area contributed by atoms with Crippen LogP contribution in [0.1, 0.15) is 51.2 Å². The summed E-state index contributed by atoms with van der Waals surface area (Å²) in [7, 11) is 1.83. The molecule has 0 aromatic carbocycles. The van der Waals surface area contributed by atoms with Crippen LogP contribution >= 0.6 is 35.3 Å². The topological polar surface area (TPSA) is 64.1 Å². The average molecular weight is 549 g/mol. The van der Waals surface area contributed by atoms with E-state index in [1.54, 1.807) is 11.3 Å². The van der Waals surface area contributed by atoms with E-state index in [1.165, 1.54) is 0 Å². The Labute approximate surface area is 202 Å². The number of aromatic nitrogens is 1. The maximum atomic E-state index is 12.7. The lowest BCUT2D eigenvalue weighted by molar-refractivity contribution is -0.135.